The molecule has 6 rings (SSSR count). The normalized spacial score (nSPS) is 20.4. The SMILES string of the molecule is COc1cc2c(cc1C(=O)Nc1cccc(-c3nnc4n3[C@H](C)CC4)n1)CN(C(=O)[C@@H]1CCOC1)CC2. The number of benzene rings is 1. The number of pyridine rings is 1. The Labute approximate surface area is 215 Å². The van der Waals surface area contributed by atoms with Gasteiger partial charge < -0.3 is 24.3 Å². The largest absolute Gasteiger partial charge is 0.496 e. The van der Waals surface area contributed by atoms with Gasteiger partial charge in [-0.3, -0.25) is 9.59 Å². The predicted octanol–water partition coefficient (Wildman–Crippen LogP) is 3.03. The number of hydrogen-bond acceptors (Lipinski definition) is 7. The molecule has 5 heterocycles. The summed E-state index contributed by atoms with van der Waals surface area (Å²) in [4.78, 5) is 32.8. The number of carbonyl (C=O) groups excluding carboxylic acids is 2. The number of aryl methyl sites for hydroxylation is 1. The number of ether oxygens (including phenoxy) is 2. The van der Waals surface area contributed by atoms with Crippen LogP contribution in [0.4, 0.5) is 5.82 Å². The Morgan fingerprint density at radius 2 is 2.03 bits per heavy atom. The minimum atomic E-state index is -0.322. The molecule has 1 aromatic carbocycles. The van der Waals surface area contributed by atoms with Crippen LogP contribution in [0.2, 0.25) is 0 Å². The van der Waals surface area contributed by atoms with E-state index in [1.165, 1.54) is 0 Å². The van der Waals surface area contributed by atoms with Crippen molar-refractivity contribution < 1.29 is 19.1 Å². The second kappa shape index (κ2) is 9.59. The van der Waals surface area contributed by atoms with E-state index in [4.69, 9.17) is 9.47 Å². The van der Waals surface area contributed by atoms with Gasteiger partial charge >= 0.3 is 0 Å². The molecule has 10 heteroatoms. The van der Waals surface area contributed by atoms with Crippen LogP contribution in [0.5, 0.6) is 5.75 Å². The number of nitrogens with one attached hydrogen (secondary N) is 1. The van der Waals surface area contributed by atoms with Gasteiger partial charge in [-0.2, -0.15) is 0 Å². The van der Waals surface area contributed by atoms with E-state index in [2.05, 4.69) is 32.0 Å². The van der Waals surface area contributed by atoms with Crippen molar-refractivity contribution in [1.29, 1.82) is 0 Å². The van der Waals surface area contributed by atoms with Crippen molar-refractivity contribution in [3.8, 4) is 17.3 Å². The maximum absolute atomic E-state index is 13.4. The van der Waals surface area contributed by atoms with E-state index in [0.29, 0.717) is 61.0 Å². The third-order valence-corrected chi connectivity index (χ3v) is 7.58. The zero-order chi connectivity index (χ0) is 25.5. The van der Waals surface area contributed by atoms with Gasteiger partial charge in [0.25, 0.3) is 5.91 Å². The molecule has 0 spiro atoms. The van der Waals surface area contributed by atoms with Crippen molar-refractivity contribution in [2.24, 2.45) is 5.92 Å². The van der Waals surface area contributed by atoms with Crippen LogP contribution in [0.1, 0.15) is 53.1 Å². The van der Waals surface area contributed by atoms with E-state index in [1.54, 1.807) is 13.2 Å². The molecular formula is C27H30N6O4. The Bertz CT molecular complexity index is 1360. The van der Waals surface area contributed by atoms with Crippen LogP contribution in [-0.2, 0) is 28.9 Å². The number of aromatic nitrogens is 4. The second-order valence-corrected chi connectivity index (χ2v) is 9.95. The summed E-state index contributed by atoms with van der Waals surface area (Å²) in [5.74, 6) is 2.32. The van der Waals surface area contributed by atoms with E-state index >= 15 is 0 Å². The van der Waals surface area contributed by atoms with Gasteiger partial charge in [0, 0.05) is 32.2 Å². The molecule has 3 aliphatic heterocycles. The average Bonchev–Trinajstić information content (AvgIpc) is 3.67. The highest BCUT2D eigenvalue weighted by atomic mass is 16.5. The van der Waals surface area contributed by atoms with Crippen molar-refractivity contribution in [1.82, 2.24) is 24.6 Å². The molecule has 3 aliphatic rings. The summed E-state index contributed by atoms with van der Waals surface area (Å²) in [6.45, 7) is 4.39. The van der Waals surface area contributed by atoms with Crippen LogP contribution in [0.25, 0.3) is 11.5 Å². The summed E-state index contributed by atoms with van der Waals surface area (Å²) in [6, 6.07) is 9.53. The van der Waals surface area contributed by atoms with Crippen molar-refractivity contribution in [3.05, 3.63) is 52.8 Å². The molecule has 0 unspecified atom stereocenters. The third kappa shape index (κ3) is 4.35. The number of fused-ring (bicyclic) bond motifs is 2. The number of hydrogen-bond donors (Lipinski definition) is 1. The van der Waals surface area contributed by atoms with Crippen LogP contribution < -0.4 is 10.1 Å². The number of carbonyl (C=O) groups is 2. The number of nitrogens with zero attached hydrogens (tertiary/aromatic N) is 5. The van der Waals surface area contributed by atoms with Crippen LogP contribution in [-0.4, -0.2) is 63.3 Å². The summed E-state index contributed by atoms with van der Waals surface area (Å²) < 4.78 is 13.1. The Hall–Kier alpha value is -3.79. The topological polar surface area (TPSA) is 111 Å². The Morgan fingerprint density at radius 3 is 2.84 bits per heavy atom. The molecule has 0 aliphatic carbocycles. The monoisotopic (exact) mass is 502 g/mol. The van der Waals surface area contributed by atoms with Crippen LogP contribution >= 0.6 is 0 Å². The molecule has 0 saturated carbocycles. The first-order valence-electron chi connectivity index (χ1n) is 12.8. The summed E-state index contributed by atoms with van der Waals surface area (Å²) >= 11 is 0. The van der Waals surface area contributed by atoms with Gasteiger partial charge in [-0.25, -0.2) is 4.98 Å². The lowest BCUT2D eigenvalue weighted by Crippen LogP contribution is -2.40. The standard InChI is InChI=1S/C27H30N6O4/c1-16-6-7-24-30-31-25(33(16)24)21-4-3-5-23(28-21)29-26(34)20-12-19-14-32(27(35)18-9-11-37-15-18)10-8-17(19)13-22(20)36-2/h3-5,12-13,16,18H,6-11,14-15H2,1-2H3,(H,28,29,34)/t16-,18-/m1/s1. The van der Waals surface area contributed by atoms with Gasteiger partial charge in [0.05, 0.1) is 25.2 Å². The van der Waals surface area contributed by atoms with Crippen molar-refractivity contribution in [2.75, 3.05) is 32.2 Å². The Kier molecular flexibility index (Phi) is 6.11. The highest BCUT2D eigenvalue weighted by molar-refractivity contribution is 6.06. The molecule has 0 bridgehead atoms. The fraction of sp³-hybridized carbons (Fsp3) is 0.444. The van der Waals surface area contributed by atoms with Gasteiger partial charge in [0.15, 0.2) is 5.82 Å². The highest BCUT2D eigenvalue weighted by Crippen LogP contribution is 2.32. The van der Waals surface area contributed by atoms with Gasteiger partial charge in [-0.15, -0.1) is 10.2 Å². The smallest absolute Gasteiger partial charge is 0.260 e. The first-order valence-corrected chi connectivity index (χ1v) is 12.8. The van der Waals surface area contributed by atoms with Gasteiger partial charge in [0.2, 0.25) is 5.91 Å². The van der Waals surface area contributed by atoms with E-state index in [-0.39, 0.29) is 17.7 Å². The minimum Gasteiger partial charge on any atom is -0.496 e. The number of anilines is 1. The molecule has 192 valence electrons. The molecule has 37 heavy (non-hydrogen) atoms. The summed E-state index contributed by atoms with van der Waals surface area (Å²) in [7, 11) is 1.56. The summed E-state index contributed by atoms with van der Waals surface area (Å²) in [5.41, 5.74) is 3.12. The Balaban J connectivity index is 1.23. The lowest BCUT2D eigenvalue weighted by Gasteiger charge is -2.31. The van der Waals surface area contributed by atoms with E-state index in [1.807, 2.05) is 29.2 Å². The minimum absolute atomic E-state index is 0.0737. The fourth-order valence-electron chi connectivity index (χ4n) is 5.52. The van der Waals surface area contributed by atoms with Gasteiger partial charge in [-0.1, -0.05) is 6.07 Å². The third-order valence-electron chi connectivity index (χ3n) is 7.58. The maximum Gasteiger partial charge on any atom is 0.260 e. The van der Waals surface area contributed by atoms with Crippen molar-refractivity contribution >= 4 is 17.6 Å². The quantitative estimate of drug-likeness (QED) is 0.571. The molecule has 1 saturated heterocycles. The molecular weight excluding hydrogens is 472 g/mol. The van der Waals surface area contributed by atoms with E-state index in [9.17, 15) is 9.59 Å². The zero-order valence-corrected chi connectivity index (χ0v) is 21.1. The molecule has 2 aromatic heterocycles. The van der Waals surface area contributed by atoms with Crippen molar-refractivity contribution in [3.63, 3.8) is 0 Å². The second-order valence-electron chi connectivity index (χ2n) is 9.95. The molecule has 1 N–H and O–H groups in total. The van der Waals surface area contributed by atoms with Crippen LogP contribution in [0, 0.1) is 5.92 Å². The van der Waals surface area contributed by atoms with Gasteiger partial charge in [0.1, 0.15) is 23.1 Å². The predicted molar refractivity (Wildman–Crippen MR) is 135 cm³/mol. The van der Waals surface area contributed by atoms with Crippen LogP contribution in [0.3, 0.4) is 0 Å². The average molecular weight is 503 g/mol. The van der Waals surface area contributed by atoms with E-state index < -0.39 is 0 Å². The van der Waals surface area contributed by atoms with Crippen LogP contribution in [0.15, 0.2) is 30.3 Å². The summed E-state index contributed by atoms with van der Waals surface area (Å²) in [6.07, 6.45) is 3.42. The Morgan fingerprint density at radius 1 is 1.14 bits per heavy atom. The lowest BCUT2D eigenvalue weighted by molar-refractivity contribution is -0.136. The molecule has 1 fully saturated rings. The lowest BCUT2D eigenvalue weighted by atomic mass is 9.95. The molecule has 2 amide bonds. The first-order chi connectivity index (χ1) is 18.0. The maximum atomic E-state index is 13.4. The number of amides is 2. The number of rotatable bonds is 5. The first kappa shape index (κ1) is 23.6. The molecule has 3 aromatic rings. The summed E-state index contributed by atoms with van der Waals surface area (Å²) in [5, 5.41) is 11.6. The number of methoxy groups -OCH3 is 1. The molecule has 2 atom stereocenters. The molecule has 0 radical (unpaired) electrons. The molecule has 10 nitrogen and oxygen atoms in total. The van der Waals surface area contributed by atoms with E-state index in [0.717, 1.165) is 42.6 Å². The zero-order valence-electron chi connectivity index (χ0n) is 21.1. The van der Waals surface area contributed by atoms with Crippen molar-refractivity contribution in [2.45, 2.75) is 45.2 Å². The van der Waals surface area contributed by atoms with Gasteiger partial charge in [-0.05, 0) is 61.6 Å². The highest BCUT2D eigenvalue weighted by Gasteiger charge is 2.31. The fourth-order valence-corrected chi connectivity index (χ4v) is 5.52.